The maximum Gasteiger partial charge on any atom is 0.330 e. The van der Waals surface area contributed by atoms with E-state index in [9.17, 15) is 9.59 Å². The van der Waals surface area contributed by atoms with Gasteiger partial charge in [-0.1, -0.05) is 60.2 Å². The highest BCUT2D eigenvalue weighted by molar-refractivity contribution is 6.01. The number of methoxy groups -OCH3 is 1. The molecule has 0 aliphatic heterocycles. The summed E-state index contributed by atoms with van der Waals surface area (Å²) < 4.78 is 10.7. The first-order chi connectivity index (χ1) is 13.1. The topological polar surface area (TPSA) is 52.6 Å². The number of carbonyl (C=O) groups is 2. The van der Waals surface area contributed by atoms with E-state index in [4.69, 9.17) is 9.47 Å². The highest BCUT2D eigenvalue weighted by atomic mass is 16.5. The lowest BCUT2D eigenvalue weighted by Crippen LogP contribution is -2.06. The number of hydrogen-bond acceptors (Lipinski definition) is 4. The van der Waals surface area contributed by atoms with Crippen molar-refractivity contribution in [1.82, 2.24) is 0 Å². The van der Waals surface area contributed by atoms with Gasteiger partial charge in [-0.15, -0.1) is 0 Å². The van der Waals surface area contributed by atoms with E-state index >= 15 is 0 Å². The van der Waals surface area contributed by atoms with Crippen molar-refractivity contribution in [2.45, 2.75) is 6.92 Å². The lowest BCUT2D eigenvalue weighted by molar-refractivity contribution is -0.134. The molecule has 0 fully saturated rings. The molecule has 0 bridgehead atoms. The molecule has 4 nitrogen and oxygen atoms in total. The van der Waals surface area contributed by atoms with Gasteiger partial charge < -0.3 is 9.47 Å². The molecule has 3 aromatic rings. The minimum Gasteiger partial charge on any atom is -0.488 e. The second kappa shape index (κ2) is 8.32. The summed E-state index contributed by atoms with van der Waals surface area (Å²) in [4.78, 5) is 23.4. The number of fused-ring (bicyclic) bond motifs is 1. The molecule has 3 aromatic carbocycles. The molecule has 0 aliphatic carbocycles. The number of rotatable bonds is 6. The Balaban J connectivity index is 1.92. The first-order valence-corrected chi connectivity index (χ1v) is 8.57. The zero-order chi connectivity index (χ0) is 19.2. The summed E-state index contributed by atoms with van der Waals surface area (Å²) >= 11 is 0. The van der Waals surface area contributed by atoms with Crippen LogP contribution in [0.5, 0.6) is 5.75 Å². The smallest absolute Gasteiger partial charge is 0.330 e. The average molecular weight is 360 g/mol. The molecule has 3 rings (SSSR count). The highest BCUT2D eigenvalue weighted by Gasteiger charge is 2.11. The number of esters is 1. The van der Waals surface area contributed by atoms with Crippen molar-refractivity contribution in [2.75, 3.05) is 13.7 Å². The number of aldehydes is 1. The second-order valence-electron chi connectivity index (χ2n) is 6.16. The van der Waals surface area contributed by atoms with Crippen molar-refractivity contribution in [3.63, 3.8) is 0 Å². The molecular weight excluding hydrogens is 340 g/mol. The summed E-state index contributed by atoms with van der Waals surface area (Å²) in [6.07, 6.45) is 2.21. The largest absolute Gasteiger partial charge is 0.488 e. The third-order valence-electron chi connectivity index (χ3n) is 4.35. The molecule has 4 heteroatoms. The van der Waals surface area contributed by atoms with Gasteiger partial charge in [0.05, 0.1) is 12.7 Å². The summed E-state index contributed by atoms with van der Waals surface area (Å²) in [5, 5.41) is 1.80. The van der Waals surface area contributed by atoms with Crippen LogP contribution in [0.25, 0.3) is 16.3 Å². The Bertz CT molecular complexity index is 1000. The summed E-state index contributed by atoms with van der Waals surface area (Å²) in [5.74, 6) is 0.0230. The number of ether oxygens (including phenoxy) is 2. The van der Waals surface area contributed by atoms with Crippen LogP contribution in [-0.2, 0) is 9.53 Å². The average Bonchev–Trinajstić information content (AvgIpc) is 2.71. The molecule has 0 aromatic heterocycles. The summed E-state index contributed by atoms with van der Waals surface area (Å²) in [6, 6.07) is 19.1. The van der Waals surface area contributed by atoms with Gasteiger partial charge >= 0.3 is 5.97 Å². The van der Waals surface area contributed by atoms with Crippen molar-refractivity contribution in [1.29, 1.82) is 0 Å². The fourth-order valence-electron chi connectivity index (χ4n) is 2.86. The zero-order valence-electron chi connectivity index (χ0n) is 15.3. The van der Waals surface area contributed by atoms with E-state index < -0.39 is 5.97 Å². The lowest BCUT2D eigenvalue weighted by atomic mass is 10.0. The molecule has 0 saturated carbocycles. The molecule has 0 atom stereocenters. The summed E-state index contributed by atoms with van der Waals surface area (Å²) in [7, 11) is 1.33. The normalized spacial score (nSPS) is 11.3. The predicted octanol–water partition coefficient (Wildman–Crippen LogP) is 4.60. The van der Waals surface area contributed by atoms with Crippen LogP contribution >= 0.6 is 0 Å². The fourth-order valence-corrected chi connectivity index (χ4v) is 2.86. The van der Waals surface area contributed by atoms with Crippen LogP contribution in [-0.4, -0.2) is 26.0 Å². The first kappa shape index (κ1) is 18.4. The Kier molecular flexibility index (Phi) is 5.67. The molecule has 0 saturated heterocycles. The summed E-state index contributed by atoms with van der Waals surface area (Å²) in [6.45, 7) is 2.13. The zero-order valence-corrected chi connectivity index (χ0v) is 15.3. The van der Waals surface area contributed by atoms with Gasteiger partial charge in [0.2, 0.25) is 0 Å². The fraction of sp³-hybridized carbons (Fsp3) is 0.130. The quantitative estimate of drug-likeness (QED) is 0.366. The molecule has 0 aliphatic rings. The second-order valence-corrected chi connectivity index (χ2v) is 6.16. The monoisotopic (exact) mass is 360 g/mol. The Hall–Kier alpha value is -3.40. The molecule has 0 radical (unpaired) electrons. The van der Waals surface area contributed by atoms with Gasteiger partial charge in [0.25, 0.3) is 0 Å². The highest BCUT2D eigenvalue weighted by Crippen LogP contribution is 2.28. The van der Waals surface area contributed by atoms with Crippen LogP contribution in [0.2, 0.25) is 0 Å². The van der Waals surface area contributed by atoms with Crippen molar-refractivity contribution in [3.8, 4) is 5.75 Å². The van der Waals surface area contributed by atoms with Crippen LogP contribution < -0.4 is 4.74 Å². The molecule has 27 heavy (non-hydrogen) atoms. The van der Waals surface area contributed by atoms with Crippen LogP contribution in [0.15, 0.2) is 66.7 Å². The predicted molar refractivity (Wildman–Crippen MR) is 106 cm³/mol. The first-order valence-electron chi connectivity index (χ1n) is 8.57. The Morgan fingerprint density at radius 1 is 1.00 bits per heavy atom. The number of carbonyl (C=O) groups excluding carboxylic acids is 2. The third-order valence-corrected chi connectivity index (χ3v) is 4.35. The third kappa shape index (κ3) is 4.23. The van der Waals surface area contributed by atoms with Crippen LogP contribution in [0.4, 0.5) is 0 Å². The molecular formula is C23H20O4. The lowest BCUT2D eigenvalue weighted by Gasteiger charge is -2.13. The standard InChI is InChI=1S/C23H20O4/c1-16-7-9-17(10-8-16)19(13-23(25)26-2)15-27-22-12-11-18-5-3-4-6-20(18)21(22)14-24/h3-14H,15H2,1-2H3/b19-13-. The van der Waals surface area contributed by atoms with Gasteiger partial charge in [-0.3, -0.25) is 4.79 Å². The van der Waals surface area contributed by atoms with Gasteiger partial charge in [0, 0.05) is 11.6 Å². The van der Waals surface area contributed by atoms with E-state index in [0.29, 0.717) is 16.9 Å². The van der Waals surface area contributed by atoms with Crippen LogP contribution in [0.1, 0.15) is 21.5 Å². The Morgan fingerprint density at radius 3 is 2.44 bits per heavy atom. The van der Waals surface area contributed by atoms with Gasteiger partial charge in [0.15, 0.2) is 6.29 Å². The number of aryl methyl sites for hydroxylation is 1. The van der Waals surface area contributed by atoms with Gasteiger partial charge in [-0.05, 0) is 29.3 Å². The maximum atomic E-state index is 11.8. The van der Waals surface area contributed by atoms with Crippen molar-refractivity contribution >= 4 is 28.6 Å². The number of hydrogen-bond donors (Lipinski definition) is 0. The molecule has 0 unspecified atom stereocenters. The van der Waals surface area contributed by atoms with Crippen molar-refractivity contribution < 1.29 is 19.1 Å². The molecule has 0 N–H and O–H groups in total. The Morgan fingerprint density at radius 2 is 1.74 bits per heavy atom. The van der Waals surface area contributed by atoms with Crippen molar-refractivity contribution in [2.24, 2.45) is 0 Å². The molecule has 0 spiro atoms. The van der Waals surface area contributed by atoms with E-state index in [1.54, 1.807) is 6.07 Å². The van der Waals surface area contributed by atoms with E-state index in [2.05, 4.69) is 0 Å². The van der Waals surface area contributed by atoms with Gasteiger partial charge in [-0.25, -0.2) is 4.79 Å². The summed E-state index contributed by atoms with van der Waals surface area (Å²) in [5.41, 5.74) is 3.15. The minimum atomic E-state index is -0.455. The minimum absolute atomic E-state index is 0.136. The van der Waals surface area contributed by atoms with E-state index in [1.165, 1.54) is 13.2 Å². The van der Waals surface area contributed by atoms with E-state index in [-0.39, 0.29) is 6.61 Å². The van der Waals surface area contributed by atoms with E-state index in [0.717, 1.165) is 28.2 Å². The molecule has 0 heterocycles. The SMILES string of the molecule is COC(=O)/C=C(/COc1ccc2ccccc2c1C=O)c1ccc(C)cc1. The van der Waals surface area contributed by atoms with Crippen molar-refractivity contribution in [3.05, 3.63) is 83.4 Å². The molecule has 136 valence electrons. The maximum absolute atomic E-state index is 11.8. The van der Waals surface area contributed by atoms with Crippen LogP contribution in [0, 0.1) is 6.92 Å². The number of benzene rings is 3. The van der Waals surface area contributed by atoms with E-state index in [1.807, 2.05) is 61.5 Å². The van der Waals surface area contributed by atoms with Gasteiger partial charge in [0.1, 0.15) is 12.4 Å². The van der Waals surface area contributed by atoms with Crippen LogP contribution in [0.3, 0.4) is 0 Å². The molecule has 0 amide bonds. The van der Waals surface area contributed by atoms with Gasteiger partial charge in [-0.2, -0.15) is 0 Å². The Labute approximate surface area is 158 Å².